The maximum Gasteiger partial charge on any atom is 0.225 e. The molecule has 1 fully saturated rings. The quantitative estimate of drug-likeness (QED) is 0.839. The van der Waals surface area contributed by atoms with Gasteiger partial charge in [-0.25, -0.2) is 0 Å². The molecule has 0 saturated carbocycles. The van der Waals surface area contributed by atoms with Gasteiger partial charge in [0.25, 0.3) is 0 Å². The summed E-state index contributed by atoms with van der Waals surface area (Å²) in [7, 11) is 3.26. The van der Waals surface area contributed by atoms with Gasteiger partial charge in [-0.1, -0.05) is 19.9 Å². The van der Waals surface area contributed by atoms with E-state index in [1.165, 1.54) is 0 Å². The second-order valence-corrected chi connectivity index (χ2v) is 6.30. The van der Waals surface area contributed by atoms with Crippen molar-refractivity contribution in [2.24, 2.45) is 11.8 Å². The van der Waals surface area contributed by atoms with Gasteiger partial charge in [-0.3, -0.25) is 4.79 Å². The average molecular weight is 305 g/mol. The molecule has 4 nitrogen and oxygen atoms in total. The highest BCUT2D eigenvalue weighted by Gasteiger charge is 2.24. The Balaban J connectivity index is 1.99. The van der Waals surface area contributed by atoms with Crippen LogP contribution in [0.2, 0.25) is 0 Å². The Bertz CT molecular complexity index is 507. The van der Waals surface area contributed by atoms with E-state index in [0.717, 1.165) is 49.6 Å². The Labute approximate surface area is 133 Å². The molecule has 22 heavy (non-hydrogen) atoms. The van der Waals surface area contributed by atoms with Gasteiger partial charge in [0.05, 0.1) is 14.2 Å². The smallest absolute Gasteiger partial charge is 0.225 e. The Morgan fingerprint density at radius 1 is 1.23 bits per heavy atom. The monoisotopic (exact) mass is 305 g/mol. The lowest BCUT2D eigenvalue weighted by Crippen LogP contribution is -2.41. The van der Waals surface area contributed by atoms with E-state index in [2.05, 4.69) is 6.92 Å². The molecule has 0 aliphatic carbocycles. The Hall–Kier alpha value is -1.71. The van der Waals surface area contributed by atoms with E-state index in [1.54, 1.807) is 14.2 Å². The number of likely N-dealkylation sites (tertiary alicyclic amines) is 1. The van der Waals surface area contributed by atoms with Gasteiger partial charge in [0.15, 0.2) is 11.5 Å². The number of hydrogen-bond acceptors (Lipinski definition) is 3. The van der Waals surface area contributed by atoms with Crippen molar-refractivity contribution in [3.63, 3.8) is 0 Å². The normalized spacial score (nSPS) is 17.2. The van der Waals surface area contributed by atoms with Crippen molar-refractivity contribution in [2.75, 3.05) is 27.3 Å². The average Bonchev–Trinajstić information content (AvgIpc) is 2.54. The van der Waals surface area contributed by atoms with Crippen molar-refractivity contribution in [3.8, 4) is 11.5 Å². The zero-order valence-corrected chi connectivity index (χ0v) is 14.1. The molecule has 0 bridgehead atoms. The van der Waals surface area contributed by atoms with Gasteiger partial charge in [0, 0.05) is 19.0 Å². The molecule has 4 heteroatoms. The molecule has 1 amide bonds. The third kappa shape index (κ3) is 3.93. The molecule has 0 aromatic heterocycles. The van der Waals surface area contributed by atoms with E-state index in [9.17, 15) is 4.79 Å². The molecule has 1 atom stereocenters. The van der Waals surface area contributed by atoms with Crippen LogP contribution in [0, 0.1) is 11.8 Å². The number of hydrogen-bond donors (Lipinski definition) is 0. The van der Waals surface area contributed by atoms with Crippen LogP contribution in [0.5, 0.6) is 11.5 Å². The summed E-state index contributed by atoms with van der Waals surface area (Å²) < 4.78 is 10.6. The minimum atomic E-state index is -0.00786. The first kappa shape index (κ1) is 16.7. The molecule has 1 aromatic carbocycles. The van der Waals surface area contributed by atoms with Crippen LogP contribution >= 0.6 is 0 Å². The van der Waals surface area contributed by atoms with Crippen LogP contribution < -0.4 is 9.47 Å². The fourth-order valence-electron chi connectivity index (χ4n) is 2.99. The zero-order valence-electron chi connectivity index (χ0n) is 14.1. The lowest BCUT2D eigenvalue weighted by molar-refractivity contribution is -0.136. The van der Waals surface area contributed by atoms with Crippen LogP contribution in [-0.2, 0) is 11.2 Å². The third-order valence-electron chi connectivity index (χ3n) is 4.51. The minimum absolute atomic E-state index is 0.00786. The lowest BCUT2D eigenvalue weighted by atomic mass is 9.95. The summed E-state index contributed by atoms with van der Waals surface area (Å²) in [6, 6.07) is 5.86. The van der Waals surface area contributed by atoms with Gasteiger partial charge in [0.2, 0.25) is 5.91 Å². The van der Waals surface area contributed by atoms with Crippen molar-refractivity contribution >= 4 is 5.91 Å². The molecule has 122 valence electrons. The molecular weight excluding hydrogens is 278 g/mol. The SMILES string of the molecule is COc1ccc(CC(C)C(=O)N2CCC(C)CC2)cc1OC. The molecule has 1 unspecified atom stereocenters. The number of amides is 1. The first-order chi connectivity index (χ1) is 10.5. The lowest BCUT2D eigenvalue weighted by Gasteiger charge is -2.32. The fraction of sp³-hybridized carbons (Fsp3) is 0.611. The number of carbonyl (C=O) groups excluding carboxylic acids is 1. The minimum Gasteiger partial charge on any atom is -0.493 e. The predicted octanol–water partition coefficient (Wildman–Crippen LogP) is 3.14. The van der Waals surface area contributed by atoms with E-state index < -0.39 is 0 Å². The fourth-order valence-corrected chi connectivity index (χ4v) is 2.99. The summed E-state index contributed by atoms with van der Waals surface area (Å²) >= 11 is 0. The number of nitrogens with zero attached hydrogens (tertiary/aromatic N) is 1. The number of piperidine rings is 1. The molecule has 1 aliphatic rings. The van der Waals surface area contributed by atoms with E-state index in [0.29, 0.717) is 5.75 Å². The van der Waals surface area contributed by atoms with Gasteiger partial charge >= 0.3 is 0 Å². The highest BCUT2D eigenvalue weighted by atomic mass is 16.5. The van der Waals surface area contributed by atoms with Crippen molar-refractivity contribution in [1.29, 1.82) is 0 Å². The highest BCUT2D eigenvalue weighted by molar-refractivity contribution is 5.79. The predicted molar refractivity (Wildman–Crippen MR) is 87.4 cm³/mol. The molecule has 2 rings (SSSR count). The van der Waals surface area contributed by atoms with Crippen molar-refractivity contribution in [3.05, 3.63) is 23.8 Å². The maximum atomic E-state index is 12.6. The van der Waals surface area contributed by atoms with Gasteiger partial charge in [-0.15, -0.1) is 0 Å². The third-order valence-corrected chi connectivity index (χ3v) is 4.51. The topological polar surface area (TPSA) is 38.8 Å². The van der Waals surface area contributed by atoms with E-state index in [1.807, 2.05) is 30.0 Å². The molecule has 1 aromatic rings. The van der Waals surface area contributed by atoms with Crippen molar-refractivity contribution in [1.82, 2.24) is 4.90 Å². The summed E-state index contributed by atoms with van der Waals surface area (Å²) in [5.74, 6) is 2.43. The molecule has 1 saturated heterocycles. The highest BCUT2D eigenvalue weighted by Crippen LogP contribution is 2.29. The standard InChI is InChI=1S/C18H27NO3/c1-13-7-9-19(10-8-13)18(20)14(2)11-15-5-6-16(21-3)17(12-15)22-4/h5-6,12-14H,7-11H2,1-4H3. The van der Waals surface area contributed by atoms with Crippen LogP contribution in [0.15, 0.2) is 18.2 Å². The van der Waals surface area contributed by atoms with Gasteiger partial charge in [-0.2, -0.15) is 0 Å². The summed E-state index contributed by atoms with van der Waals surface area (Å²) in [6.45, 7) is 6.07. The number of benzene rings is 1. The van der Waals surface area contributed by atoms with Gasteiger partial charge in [-0.05, 0) is 42.9 Å². The first-order valence-corrected chi connectivity index (χ1v) is 8.04. The summed E-state index contributed by atoms with van der Waals surface area (Å²) in [5.41, 5.74) is 1.10. The van der Waals surface area contributed by atoms with Gasteiger partial charge < -0.3 is 14.4 Å². The molecule has 1 heterocycles. The van der Waals surface area contributed by atoms with Gasteiger partial charge in [0.1, 0.15) is 0 Å². The van der Waals surface area contributed by atoms with Crippen LogP contribution in [0.3, 0.4) is 0 Å². The molecule has 0 N–H and O–H groups in total. The number of carbonyl (C=O) groups is 1. The second-order valence-electron chi connectivity index (χ2n) is 6.30. The Morgan fingerprint density at radius 2 is 1.86 bits per heavy atom. The first-order valence-electron chi connectivity index (χ1n) is 8.04. The van der Waals surface area contributed by atoms with Crippen LogP contribution in [0.25, 0.3) is 0 Å². The number of ether oxygens (including phenoxy) is 2. The van der Waals surface area contributed by atoms with Crippen molar-refractivity contribution in [2.45, 2.75) is 33.1 Å². The summed E-state index contributed by atoms with van der Waals surface area (Å²) in [4.78, 5) is 14.6. The van der Waals surface area contributed by atoms with Crippen molar-refractivity contribution < 1.29 is 14.3 Å². The van der Waals surface area contributed by atoms with Crippen LogP contribution in [0.1, 0.15) is 32.3 Å². The number of rotatable bonds is 5. The van der Waals surface area contributed by atoms with Crippen LogP contribution in [-0.4, -0.2) is 38.1 Å². The van der Waals surface area contributed by atoms with Crippen LogP contribution in [0.4, 0.5) is 0 Å². The molecule has 1 aliphatic heterocycles. The molecular formula is C18H27NO3. The van der Waals surface area contributed by atoms with E-state index >= 15 is 0 Å². The number of methoxy groups -OCH3 is 2. The van der Waals surface area contributed by atoms with E-state index in [4.69, 9.17) is 9.47 Å². The Morgan fingerprint density at radius 3 is 2.45 bits per heavy atom. The summed E-state index contributed by atoms with van der Waals surface area (Å²) in [6.07, 6.45) is 2.97. The summed E-state index contributed by atoms with van der Waals surface area (Å²) in [5, 5.41) is 0. The maximum absolute atomic E-state index is 12.6. The largest absolute Gasteiger partial charge is 0.493 e. The second kappa shape index (κ2) is 7.52. The molecule has 0 spiro atoms. The zero-order chi connectivity index (χ0) is 16.1. The molecule has 0 radical (unpaired) electrons. The Kier molecular flexibility index (Phi) is 5.69. The van der Waals surface area contributed by atoms with E-state index in [-0.39, 0.29) is 11.8 Å².